The number of anilines is 2. The van der Waals surface area contributed by atoms with E-state index in [0.29, 0.717) is 6.04 Å². The molecule has 1 rings (SSSR count). The minimum absolute atomic E-state index is 0.438. The molecule has 1 aromatic rings. The molecular formula is C15H28N4. The quantitative estimate of drug-likeness (QED) is 0.778. The fraction of sp³-hybridized carbons (Fsp3) is 0.733. The highest BCUT2D eigenvalue weighted by Crippen LogP contribution is 2.15. The molecule has 0 radical (unpaired) electrons. The van der Waals surface area contributed by atoms with Crippen LogP contribution < -0.4 is 10.2 Å². The van der Waals surface area contributed by atoms with Crippen LogP contribution in [-0.2, 0) is 0 Å². The smallest absolute Gasteiger partial charge is 0.227 e. The minimum Gasteiger partial charge on any atom is -0.367 e. The third-order valence-electron chi connectivity index (χ3n) is 3.12. The zero-order valence-corrected chi connectivity index (χ0v) is 13.0. The minimum atomic E-state index is 0.438. The number of rotatable bonds is 8. The molecular weight excluding hydrogens is 236 g/mol. The highest BCUT2D eigenvalue weighted by atomic mass is 15.3. The van der Waals surface area contributed by atoms with Crippen LogP contribution in [0.5, 0.6) is 0 Å². The Bertz CT molecular complexity index is 372. The van der Waals surface area contributed by atoms with E-state index in [1.807, 2.05) is 13.0 Å². The summed E-state index contributed by atoms with van der Waals surface area (Å²) in [6.07, 6.45) is 3.32. The summed E-state index contributed by atoms with van der Waals surface area (Å²) in [5, 5.41) is 3.43. The van der Waals surface area contributed by atoms with Crippen LogP contribution in [0.1, 0.15) is 52.7 Å². The van der Waals surface area contributed by atoms with E-state index < -0.39 is 0 Å². The summed E-state index contributed by atoms with van der Waals surface area (Å²) in [7, 11) is 0. The van der Waals surface area contributed by atoms with Crippen molar-refractivity contribution >= 4 is 11.8 Å². The number of nitrogens with one attached hydrogen (secondary N) is 1. The van der Waals surface area contributed by atoms with Crippen LogP contribution in [0.3, 0.4) is 0 Å². The van der Waals surface area contributed by atoms with Crippen molar-refractivity contribution in [2.24, 2.45) is 0 Å². The highest BCUT2D eigenvalue weighted by Gasteiger charge is 2.10. The summed E-state index contributed by atoms with van der Waals surface area (Å²) in [5.41, 5.74) is 1.02. The van der Waals surface area contributed by atoms with Gasteiger partial charge in [0.2, 0.25) is 5.95 Å². The molecule has 0 aliphatic carbocycles. The van der Waals surface area contributed by atoms with Gasteiger partial charge >= 0.3 is 0 Å². The molecule has 4 nitrogen and oxygen atoms in total. The number of hydrogen-bond donors (Lipinski definition) is 1. The Morgan fingerprint density at radius 3 is 2.32 bits per heavy atom. The summed E-state index contributed by atoms with van der Waals surface area (Å²) in [6.45, 7) is 12.8. The molecule has 1 heterocycles. The maximum Gasteiger partial charge on any atom is 0.227 e. The standard InChI is InChI=1S/C15H28N4/c1-6-9-19(10-7-2)15-17-13(5)11-14(18-15)16-12(4)8-3/h11-12H,6-10H2,1-5H3,(H,16,17,18). The summed E-state index contributed by atoms with van der Waals surface area (Å²) in [4.78, 5) is 11.5. The van der Waals surface area contributed by atoms with Gasteiger partial charge in [0.25, 0.3) is 0 Å². The molecule has 1 unspecified atom stereocenters. The monoisotopic (exact) mass is 264 g/mol. The van der Waals surface area contributed by atoms with Gasteiger partial charge < -0.3 is 10.2 Å². The van der Waals surface area contributed by atoms with Gasteiger partial charge in [-0.25, -0.2) is 4.98 Å². The summed E-state index contributed by atoms with van der Waals surface area (Å²) in [5.74, 6) is 1.79. The maximum absolute atomic E-state index is 4.66. The summed E-state index contributed by atoms with van der Waals surface area (Å²) < 4.78 is 0. The molecule has 4 heteroatoms. The number of hydrogen-bond acceptors (Lipinski definition) is 4. The average Bonchev–Trinajstić information content (AvgIpc) is 2.37. The molecule has 19 heavy (non-hydrogen) atoms. The van der Waals surface area contributed by atoms with E-state index in [4.69, 9.17) is 0 Å². The SMILES string of the molecule is CCCN(CCC)c1nc(C)cc(NC(C)CC)n1. The topological polar surface area (TPSA) is 41.1 Å². The van der Waals surface area contributed by atoms with E-state index in [-0.39, 0.29) is 0 Å². The molecule has 1 atom stereocenters. The van der Waals surface area contributed by atoms with Crippen molar-refractivity contribution in [3.8, 4) is 0 Å². The molecule has 0 aliphatic heterocycles. The molecule has 0 saturated heterocycles. The second kappa shape index (κ2) is 7.97. The predicted molar refractivity (Wildman–Crippen MR) is 82.9 cm³/mol. The number of aryl methyl sites for hydroxylation is 1. The lowest BCUT2D eigenvalue weighted by Crippen LogP contribution is -2.27. The van der Waals surface area contributed by atoms with Gasteiger partial charge in [0, 0.05) is 30.9 Å². The van der Waals surface area contributed by atoms with Gasteiger partial charge in [-0.05, 0) is 33.1 Å². The average molecular weight is 264 g/mol. The van der Waals surface area contributed by atoms with Crippen molar-refractivity contribution in [1.82, 2.24) is 9.97 Å². The van der Waals surface area contributed by atoms with Crippen LogP contribution in [0.25, 0.3) is 0 Å². The first-order valence-corrected chi connectivity index (χ1v) is 7.47. The van der Waals surface area contributed by atoms with E-state index in [1.165, 1.54) is 0 Å². The van der Waals surface area contributed by atoms with Gasteiger partial charge in [-0.15, -0.1) is 0 Å². The van der Waals surface area contributed by atoms with E-state index in [0.717, 1.165) is 49.8 Å². The van der Waals surface area contributed by atoms with E-state index >= 15 is 0 Å². The van der Waals surface area contributed by atoms with Crippen LogP contribution in [0.15, 0.2) is 6.07 Å². The zero-order chi connectivity index (χ0) is 14.3. The van der Waals surface area contributed by atoms with Crippen LogP contribution in [0, 0.1) is 6.92 Å². The highest BCUT2D eigenvalue weighted by molar-refractivity contribution is 5.44. The van der Waals surface area contributed by atoms with E-state index in [2.05, 4.69) is 47.9 Å². The molecule has 0 saturated carbocycles. The summed E-state index contributed by atoms with van der Waals surface area (Å²) in [6, 6.07) is 2.46. The van der Waals surface area contributed by atoms with Gasteiger partial charge in [0.15, 0.2) is 0 Å². The Balaban J connectivity index is 2.92. The van der Waals surface area contributed by atoms with Crippen molar-refractivity contribution in [1.29, 1.82) is 0 Å². The summed E-state index contributed by atoms with van der Waals surface area (Å²) >= 11 is 0. The predicted octanol–water partition coefficient (Wildman–Crippen LogP) is 3.62. The Hall–Kier alpha value is -1.32. The largest absolute Gasteiger partial charge is 0.367 e. The maximum atomic E-state index is 4.66. The Kier molecular flexibility index (Phi) is 6.60. The Morgan fingerprint density at radius 2 is 1.79 bits per heavy atom. The van der Waals surface area contributed by atoms with Crippen LogP contribution in [-0.4, -0.2) is 29.1 Å². The normalized spacial score (nSPS) is 12.3. The van der Waals surface area contributed by atoms with Crippen LogP contribution >= 0.6 is 0 Å². The van der Waals surface area contributed by atoms with Gasteiger partial charge in [-0.1, -0.05) is 20.8 Å². The first kappa shape index (κ1) is 15.7. The van der Waals surface area contributed by atoms with E-state index in [9.17, 15) is 0 Å². The molecule has 0 aliphatic rings. The Morgan fingerprint density at radius 1 is 1.16 bits per heavy atom. The lowest BCUT2D eigenvalue weighted by Gasteiger charge is -2.23. The Labute approximate surface area is 117 Å². The third-order valence-corrected chi connectivity index (χ3v) is 3.12. The van der Waals surface area contributed by atoms with E-state index in [1.54, 1.807) is 0 Å². The van der Waals surface area contributed by atoms with Crippen LogP contribution in [0.2, 0.25) is 0 Å². The van der Waals surface area contributed by atoms with Crippen molar-refractivity contribution in [2.75, 3.05) is 23.3 Å². The fourth-order valence-corrected chi connectivity index (χ4v) is 1.97. The van der Waals surface area contributed by atoms with Gasteiger partial charge in [-0.2, -0.15) is 4.98 Å². The first-order chi connectivity index (χ1) is 9.10. The van der Waals surface area contributed by atoms with Gasteiger partial charge in [0.05, 0.1) is 0 Å². The molecule has 0 bridgehead atoms. The molecule has 0 spiro atoms. The van der Waals surface area contributed by atoms with Crippen molar-refractivity contribution < 1.29 is 0 Å². The number of nitrogens with zero attached hydrogens (tertiary/aromatic N) is 3. The molecule has 1 aromatic heterocycles. The van der Waals surface area contributed by atoms with Crippen LogP contribution in [0.4, 0.5) is 11.8 Å². The molecule has 1 N–H and O–H groups in total. The van der Waals surface area contributed by atoms with Crippen molar-refractivity contribution in [3.63, 3.8) is 0 Å². The van der Waals surface area contributed by atoms with Crippen molar-refractivity contribution in [2.45, 2.75) is 59.9 Å². The van der Waals surface area contributed by atoms with Gasteiger partial charge in [-0.3, -0.25) is 0 Å². The fourth-order valence-electron chi connectivity index (χ4n) is 1.97. The molecule has 108 valence electrons. The zero-order valence-electron chi connectivity index (χ0n) is 13.0. The second-order valence-electron chi connectivity index (χ2n) is 5.14. The first-order valence-electron chi connectivity index (χ1n) is 7.47. The lowest BCUT2D eigenvalue weighted by atomic mass is 10.2. The third kappa shape index (κ3) is 5.05. The molecule has 0 amide bonds. The molecule has 0 aromatic carbocycles. The van der Waals surface area contributed by atoms with Gasteiger partial charge in [0.1, 0.15) is 5.82 Å². The number of aromatic nitrogens is 2. The van der Waals surface area contributed by atoms with Crippen molar-refractivity contribution in [3.05, 3.63) is 11.8 Å². The lowest BCUT2D eigenvalue weighted by molar-refractivity contribution is 0.715. The second-order valence-corrected chi connectivity index (χ2v) is 5.14. The molecule has 0 fully saturated rings.